The van der Waals surface area contributed by atoms with E-state index in [9.17, 15) is 19.5 Å². The highest BCUT2D eigenvalue weighted by atomic mass is 16.3. The van der Waals surface area contributed by atoms with Gasteiger partial charge in [-0.15, -0.1) is 6.42 Å². The summed E-state index contributed by atoms with van der Waals surface area (Å²) < 4.78 is 0. The molecule has 2 aliphatic rings. The molecule has 0 spiro atoms. The summed E-state index contributed by atoms with van der Waals surface area (Å²) in [4.78, 5) is 46.3. The summed E-state index contributed by atoms with van der Waals surface area (Å²) in [6, 6.07) is 12.0. The van der Waals surface area contributed by atoms with Gasteiger partial charge in [0.15, 0.2) is 5.88 Å². The van der Waals surface area contributed by atoms with Gasteiger partial charge in [0.1, 0.15) is 5.71 Å². The predicted octanol–water partition coefficient (Wildman–Crippen LogP) is 1.61. The van der Waals surface area contributed by atoms with Gasteiger partial charge < -0.3 is 15.0 Å². The van der Waals surface area contributed by atoms with E-state index in [2.05, 4.69) is 21.3 Å². The number of Topliss-reactive ketones (excluding diaryl/α,β-unsaturated/α-hetero) is 1. The third-order valence-corrected chi connectivity index (χ3v) is 5.82. The first kappa shape index (κ1) is 20.5. The minimum absolute atomic E-state index is 0.128. The van der Waals surface area contributed by atoms with Crippen molar-refractivity contribution in [3.05, 3.63) is 59.2 Å². The maximum absolute atomic E-state index is 13.1. The molecule has 33 heavy (non-hydrogen) atoms. The van der Waals surface area contributed by atoms with Gasteiger partial charge in [0.05, 0.1) is 16.8 Å². The van der Waals surface area contributed by atoms with Crippen molar-refractivity contribution in [2.24, 2.45) is 4.99 Å². The summed E-state index contributed by atoms with van der Waals surface area (Å²) in [6.45, 7) is 1.71. The number of fused-ring (bicyclic) bond motifs is 2. The minimum Gasteiger partial charge on any atom is -0.494 e. The quantitative estimate of drug-likeness (QED) is 0.534. The number of H-pyrrole nitrogens is 1. The molecule has 1 aromatic heterocycles. The Kier molecular flexibility index (Phi) is 4.92. The van der Waals surface area contributed by atoms with Crippen LogP contribution in [0.25, 0.3) is 10.9 Å². The van der Waals surface area contributed by atoms with Gasteiger partial charge >= 0.3 is 0 Å². The molecule has 3 aromatic rings. The van der Waals surface area contributed by atoms with Crippen LogP contribution in [0.1, 0.15) is 26.3 Å². The summed E-state index contributed by atoms with van der Waals surface area (Å²) in [7, 11) is 0. The fraction of sp³-hybridized carbons (Fsp3) is 0.167. The van der Waals surface area contributed by atoms with Crippen LogP contribution in [-0.4, -0.2) is 69.5 Å². The second kappa shape index (κ2) is 7.93. The standard InChI is InChI=1S/C24H19N5O4/c1-2-19(30)28-9-11-29(12-10-28)27-23(32)14-7-8-18-16(13-14)22(31)21(25-18)20-15-5-3-4-6-17(15)26-24(20)33/h1,3-8,13,26,33H,9-12H2,(H,27,32). The molecule has 2 aromatic carbocycles. The Labute approximate surface area is 188 Å². The maximum atomic E-state index is 13.1. The van der Waals surface area contributed by atoms with Gasteiger partial charge in [-0.25, -0.2) is 10.0 Å². The fourth-order valence-electron chi connectivity index (χ4n) is 4.11. The number of nitrogens with one attached hydrogen (secondary N) is 2. The lowest BCUT2D eigenvalue weighted by Gasteiger charge is -2.33. The maximum Gasteiger partial charge on any atom is 0.298 e. The number of hydrogen-bond donors (Lipinski definition) is 3. The SMILES string of the molecule is C#CC(=O)N1CCN(NC(=O)c2ccc3c(c2)C(=O)C(c2c(O)[nH]c4ccccc24)=N3)CC1. The number of carbonyl (C=O) groups excluding carboxylic acids is 3. The van der Waals surface area contributed by atoms with Crippen LogP contribution in [0, 0.1) is 12.3 Å². The van der Waals surface area contributed by atoms with Gasteiger partial charge in [0.2, 0.25) is 5.78 Å². The van der Waals surface area contributed by atoms with Crippen LogP contribution < -0.4 is 5.43 Å². The molecule has 2 aliphatic heterocycles. The number of aromatic amines is 1. The van der Waals surface area contributed by atoms with Gasteiger partial charge in [0.25, 0.3) is 11.8 Å². The molecule has 5 rings (SSSR count). The number of amides is 2. The smallest absolute Gasteiger partial charge is 0.298 e. The molecular formula is C24H19N5O4. The molecule has 0 saturated carbocycles. The number of carbonyl (C=O) groups is 3. The van der Waals surface area contributed by atoms with Crippen molar-refractivity contribution in [2.75, 3.05) is 26.2 Å². The number of hydrogen-bond acceptors (Lipinski definition) is 6. The Balaban J connectivity index is 1.33. The Morgan fingerprint density at radius 1 is 1.12 bits per heavy atom. The molecule has 0 atom stereocenters. The number of aliphatic imine (C=N–C) groups is 1. The zero-order chi connectivity index (χ0) is 23.1. The van der Waals surface area contributed by atoms with Crippen molar-refractivity contribution < 1.29 is 19.5 Å². The Morgan fingerprint density at radius 3 is 2.64 bits per heavy atom. The zero-order valence-electron chi connectivity index (χ0n) is 17.5. The van der Waals surface area contributed by atoms with Gasteiger partial charge in [-0.2, -0.15) is 0 Å². The lowest BCUT2D eigenvalue weighted by molar-refractivity contribution is -0.127. The number of aromatic hydroxyl groups is 1. The molecule has 164 valence electrons. The van der Waals surface area contributed by atoms with Crippen LogP contribution in [0.3, 0.4) is 0 Å². The Hall–Kier alpha value is -4.42. The van der Waals surface area contributed by atoms with E-state index in [1.54, 1.807) is 34.2 Å². The largest absolute Gasteiger partial charge is 0.494 e. The van der Waals surface area contributed by atoms with Crippen LogP contribution in [0.5, 0.6) is 5.88 Å². The number of nitrogens with zero attached hydrogens (tertiary/aromatic N) is 3. The predicted molar refractivity (Wildman–Crippen MR) is 121 cm³/mol. The second-order valence-corrected chi connectivity index (χ2v) is 7.78. The van der Waals surface area contributed by atoms with Gasteiger partial charge in [-0.3, -0.25) is 19.8 Å². The van der Waals surface area contributed by atoms with Gasteiger partial charge in [0, 0.05) is 42.6 Å². The summed E-state index contributed by atoms with van der Waals surface area (Å²) in [6.07, 6.45) is 5.15. The molecule has 0 radical (unpaired) electrons. The first-order valence-electron chi connectivity index (χ1n) is 10.3. The van der Waals surface area contributed by atoms with Crippen LogP contribution in [0.4, 0.5) is 5.69 Å². The molecule has 1 saturated heterocycles. The molecular weight excluding hydrogens is 422 g/mol. The minimum atomic E-state index is -0.370. The number of rotatable bonds is 3. The molecule has 9 nitrogen and oxygen atoms in total. The zero-order valence-corrected chi connectivity index (χ0v) is 17.5. The lowest BCUT2D eigenvalue weighted by atomic mass is 10.0. The third-order valence-electron chi connectivity index (χ3n) is 5.82. The van der Waals surface area contributed by atoms with E-state index in [4.69, 9.17) is 6.42 Å². The van der Waals surface area contributed by atoms with Crippen molar-refractivity contribution in [1.29, 1.82) is 0 Å². The molecule has 1 fully saturated rings. The molecule has 9 heteroatoms. The highest BCUT2D eigenvalue weighted by Gasteiger charge is 2.31. The fourth-order valence-corrected chi connectivity index (χ4v) is 4.11. The molecule has 0 aliphatic carbocycles. The molecule has 0 bridgehead atoms. The Morgan fingerprint density at radius 2 is 1.88 bits per heavy atom. The summed E-state index contributed by atoms with van der Waals surface area (Å²) in [5.74, 6) is 0.868. The number of hydrazine groups is 1. The van der Waals surface area contributed by atoms with E-state index >= 15 is 0 Å². The summed E-state index contributed by atoms with van der Waals surface area (Å²) >= 11 is 0. The van der Waals surface area contributed by atoms with Crippen molar-refractivity contribution in [3.8, 4) is 18.2 Å². The summed E-state index contributed by atoms with van der Waals surface area (Å²) in [5, 5.41) is 12.8. The number of benzene rings is 2. The normalized spacial score (nSPS) is 15.8. The van der Waals surface area contributed by atoms with Crippen LogP contribution in [-0.2, 0) is 4.79 Å². The molecule has 3 heterocycles. The second-order valence-electron chi connectivity index (χ2n) is 7.78. The van der Waals surface area contributed by atoms with E-state index in [0.29, 0.717) is 59.5 Å². The molecule has 2 amide bonds. The Bertz CT molecular complexity index is 1390. The highest BCUT2D eigenvalue weighted by Crippen LogP contribution is 2.35. The average molecular weight is 441 g/mol. The van der Waals surface area contributed by atoms with E-state index < -0.39 is 0 Å². The van der Waals surface area contributed by atoms with Crippen molar-refractivity contribution in [3.63, 3.8) is 0 Å². The first-order valence-corrected chi connectivity index (χ1v) is 10.3. The average Bonchev–Trinajstić information content (AvgIpc) is 3.34. The van der Waals surface area contributed by atoms with E-state index in [1.165, 1.54) is 6.07 Å². The van der Waals surface area contributed by atoms with Crippen molar-refractivity contribution in [1.82, 2.24) is 20.3 Å². The summed E-state index contributed by atoms with van der Waals surface area (Å²) in [5.41, 5.74) is 5.02. The first-order chi connectivity index (χ1) is 16.0. The lowest BCUT2D eigenvalue weighted by Crippen LogP contribution is -2.54. The van der Waals surface area contributed by atoms with Crippen LogP contribution in [0.2, 0.25) is 0 Å². The molecule has 0 unspecified atom stereocenters. The van der Waals surface area contributed by atoms with E-state index in [1.807, 2.05) is 12.1 Å². The number of para-hydroxylation sites is 1. The van der Waals surface area contributed by atoms with Crippen molar-refractivity contribution >= 4 is 39.9 Å². The highest BCUT2D eigenvalue weighted by molar-refractivity contribution is 6.56. The third kappa shape index (κ3) is 3.52. The number of ketones is 1. The monoisotopic (exact) mass is 441 g/mol. The van der Waals surface area contributed by atoms with Gasteiger partial charge in [-0.1, -0.05) is 18.2 Å². The molecule has 3 N–H and O–H groups in total. The number of terminal acetylenes is 1. The topological polar surface area (TPSA) is 118 Å². The number of piperazine rings is 1. The van der Waals surface area contributed by atoms with Gasteiger partial charge in [-0.05, 0) is 30.2 Å². The van der Waals surface area contributed by atoms with E-state index in [0.717, 1.165) is 0 Å². The van der Waals surface area contributed by atoms with E-state index in [-0.39, 0.29) is 29.2 Å². The van der Waals surface area contributed by atoms with Crippen molar-refractivity contribution in [2.45, 2.75) is 0 Å². The number of aromatic nitrogens is 1. The van der Waals surface area contributed by atoms with Crippen LogP contribution >= 0.6 is 0 Å². The van der Waals surface area contributed by atoms with Crippen LogP contribution in [0.15, 0.2) is 47.5 Å².